The van der Waals surface area contributed by atoms with E-state index in [0.717, 1.165) is 10.0 Å². The number of nitriles is 1. The number of amides is 2. The van der Waals surface area contributed by atoms with E-state index in [2.05, 4.69) is 21.2 Å². The lowest BCUT2D eigenvalue weighted by Gasteiger charge is -2.18. The molecule has 0 spiro atoms. The Balaban J connectivity index is 2.04. The molecule has 1 heterocycles. The van der Waals surface area contributed by atoms with E-state index >= 15 is 0 Å². The summed E-state index contributed by atoms with van der Waals surface area (Å²) in [6.45, 7) is 0. The van der Waals surface area contributed by atoms with Crippen molar-refractivity contribution in [1.29, 1.82) is 5.26 Å². The molecule has 0 bridgehead atoms. The molecule has 2 aromatic carbocycles. The smallest absolute Gasteiger partial charge is 0.264 e. The van der Waals surface area contributed by atoms with Gasteiger partial charge in [0.2, 0.25) is 5.91 Å². The number of halogens is 2. The van der Waals surface area contributed by atoms with E-state index in [1.54, 1.807) is 24.3 Å². The Morgan fingerprint density at radius 1 is 1.32 bits per heavy atom. The van der Waals surface area contributed by atoms with Gasteiger partial charge in [-0.15, -0.1) is 0 Å². The minimum absolute atomic E-state index is 0.0902. The van der Waals surface area contributed by atoms with Gasteiger partial charge >= 0.3 is 0 Å². The topological polar surface area (TPSA) is 73.2 Å². The molecule has 2 amide bonds. The third-order valence-corrected chi connectivity index (χ3v) is 6.14. The molecule has 0 aliphatic carbocycles. The number of likely N-dealkylation sites (N-methyl/N-ethyl adjacent to an activating group) is 1. The lowest BCUT2D eigenvalue weighted by atomic mass is 10.1. The van der Waals surface area contributed by atoms with Crippen LogP contribution >= 0.6 is 39.3 Å². The van der Waals surface area contributed by atoms with Crippen molar-refractivity contribution >= 4 is 56.8 Å². The van der Waals surface area contributed by atoms with Gasteiger partial charge in [0.25, 0.3) is 5.91 Å². The average molecular weight is 477 g/mol. The molecule has 1 aliphatic rings. The average Bonchev–Trinajstić information content (AvgIpc) is 2.99. The Labute approximate surface area is 180 Å². The summed E-state index contributed by atoms with van der Waals surface area (Å²) in [5.41, 5.74) is 1.45. The predicted octanol–water partition coefficient (Wildman–Crippen LogP) is 4.27. The fraction of sp³-hybridized carbons (Fsp3) is 0.150. The molecule has 1 saturated heterocycles. The summed E-state index contributed by atoms with van der Waals surface area (Å²) in [5.74, 6) is -0.709. The predicted molar refractivity (Wildman–Crippen MR) is 115 cm³/mol. The summed E-state index contributed by atoms with van der Waals surface area (Å²) in [4.78, 5) is 26.8. The zero-order chi connectivity index (χ0) is 20.3. The van der Waals surface area contributed by atoms with Crippen molar-refractivity contribution in [3.05, 3.63) is 74.2 Å². The van der Waals surface area contributed by atoms with Crippen LogP contribution in [-0.4, -0.2) is 24.1 Å². The first-order chi connectivity index (χ1) is 13.4. The maximum atomic E-state index is 13.2. The number of hydrogen-bond acceptors (Lipinski definition) is 4. The fourth-order valence-corrected chi connectivity index (χ4v) is 4.70. The first-order valence-electron chi connectivity index (χ1n) is 8.31. The molecule has 1 aliphatic heterocycles. The van der Waals surface area contributed by atoms with Gasteiger partial charge in [0.05, 0.1) is 5.25 Å². The van der Waals surface area contributed by atoms with Crippen molar-refractivity contribution in [1.82, 2.24) is 5.32 Å². The zero-order valence-corrected chi connectivity index (χ0v) is 17.9. The van der Waals surface area contributed by atoms with Crippen LogP contribution in [0.25, 0.3) is 0 Å². The molecule has 1 fully saturated rings. The third kappa shape index (κ3) is 4.25. The second-order valence-electron chi connectivity index (χ2n) is 5.96. The highest BCUT2D eigenvalue weighted by molar-refractivity contribution is 9.10. The molecule has 2 aromatic rings. The largest absolute Gasteiger partial charge is 0.354 e. The van der Waals surface area contributed by atoms with Crippen LogP contribution in [0.4, 0.5) is 5.69 Å². The minimum atomic E-state index is -0.528. The number of nitrogens with one attached hydrogen (secondary N) is 1. The van der Waals surface area contributed by atoms with Gasteiger partial charge in [-0.1, -0.05) is 51.4 Å². The number of carbonyl (C=O) groups is 2. The van der Waals surface area contributed by atoms with Crippen LogP contribution in [0.15, 0.2) is 63.6 Å². The normalized spacial score (nSPS) is 18.0. The Bertz CT molecular complexity index is 1000. The third-order valence-electron chi connectivity index (χ3n) is 4.13. The summed E-state index contributed by atoms with van der Waals surface area (Å²) < 4.78 is 0.925. The van der Waals surface area contributed by atoms with E-state index in [4.69, 9.17) is 11.6 Å². The van der Waals surface area contributed by atoms with Gasteiger partial charge < -0.3 is 5.32 Å². The number of anilines is 1. The van der Waals surface area contributed by atoms with E-state index in [1.807, 2.05) is 30.3 Å². The lowest BCUT2D eigenvalue weighted by molar-refractivity contribution is -0.117. The summed E-state index contributed by atoms with van der Waals surface area (Å²) in [6, 6.07) is 16.4. The maximum absolute atomic E-state index is 13.2. The fourth-order valence-electron chi connectivity index (χ4n) is 2.82. The van der Waals surface area contributed by atoms with Crippen molar-refractivity contribution in [3.8, 4) is 6.07 Å². The van der Waals surface area contributed by atoms with Gasteiger partial charge in [-0.25, -0.2) is 0 Å². The molecule has 0 aromatic heterocycles. The van der Waals surface area contributed by atoms with E-state index < -0.39 is 11.2 Å². The van der Waals surface area contributed by atoms with E-state index in [-0.39, 0.29) is 11.5 Å². The van der Waals surface area contributed by atoms with Crippen molar-refractivity contribution in [3.63, 3.8) is 0 Å². The van der Waals surface area contributed by atoms with Gasteiger partial charge in [-0.2, -0.15) is 5.26 Å². The van der Waals surface area contributed by atoms with Gasteiger partial charge in [-0.05, 0) is 48.4 Å². The van der Waals surface area contributed by atoms with Crippen molar-refractivity contribution in [2.75, 3.05) is 11.9 Å². The molecule has 0 radical (unpaired) electrons. The van der Waals surface area contributed by atoms with Gasteiger partial charge in [0.15, 0.2) is 0 Å². The number of benzene rings is 2. The van der Waals surface area contributed by atoms with E-state index in [9.17, 15) is 14.9 Å². The molecule has 1 N–H and O–H groups in total. The monoisotopic (exact) mass is 475 g/mol. The van der Waals surface area contributed by atoms with Crippen LogP contribution in [0.5, 0.6) is 0 Å². The Morgan fingerprint density at radius 2 is 2.04 bits per heavy atom. The zero-order valence-electron chi connectivity index (χ0n) is 14.8. The molecule has 0 unspecified atom stereocenters. The summed E-state index contributed by atoms with van der Waals surface area (Å²) in [5, 5.41) is 12.4. The number of thioether (sulfide) groups is 1. The second-order valence-corrected chi connectivity index (χ2v) is 8.51. The molecular weight excluding hydrogens is 462 g/mol. The number of carbonyl (C=O) groups excluding carboxylic acids is 2. The highest BCUT2D eigenvalue weighted by Gasteiger charge is 2.40. The van der Waals surface area contributed by atoms with Crippen LogP contribution in [0, 0.1) is 11.3 Å². The Morgan fingerprint density at radius 3 is 2.64 bits per heavy atom. The van der Waals surface area contributed by atoms with Crippen LogP contribution in [0.1, 0.15) is 5.56 Å². The minimum Gasteiger partial charge on any atom is -0.354 e. The van der Waals surface area contributed by atoms with Gasteiger partial charge in [0, 0.05) is 22.2 Å². The molecule has 142 valence electrons. The van der Waals surface area contributed by atoms with Gasteiger partial charge in [0.1, 0.15) is 16.7 Å². The first-order valence-corrected chi connectivity index (χ1v) is 10.4. The first kappa shape index (κ1) is 20.5. The maximum Gasteiger partial charge on any atom is 0.264 e. The molecule has 28 heavy (non-hydrogen) atoms. The van der Waals surface area contributed by atoms with E-state index in [0.29, 0.717) is 22.2 Å². The molecule has 3 rings (SSSR count). The van der Waals surface area contributed by atoms with E-state index in [1.165, 1.54) is 23.7 Å². The Hall–Kier alpha value is -2.27. The van der Waals surface area contributed by atoms with Crippen LogP contribution in [0.3, 0.4) is 0 Å². The lowest BCUT2D eigenvalue weighted by Crippen LogP contribution is -2.31. The second kappa shape index (κ2) is 8.82. The standard InChI is InChI=1S/C20H15BrClN3O2S/c1-24-18(26)16(11-23)20-25(15-7-5-14(22)6-8-15)19(27)17(28-20)10-12-3-2-4-13(21)9-12/h2-9,17H,10H2,1H3,(H,24,26)/b20-16+/t17-/m1/s1. The molecule has 0 saturated carbocycles. The van der Waals surface area contributed by atoms with Crippen molar-refractivity contribution in [2.45, 2.75) is 11.7 Å². The van der Waals surface area contributed by atoms with Crippen molar-refractivity contribution in [2.24, 2.45) is 0 Å². The SMILES string of the molecule is CNC(=O)/C(C#N)=C1/S[C@H](Cc2cccc(Br)c2)C(=O)N1c1ccc(Cl)cc1. The molecule has 5 nitrogen and oxygen atoms in total. The van der Waals surface area contributed by atoms with Crippen LogP contribution in [0.2, 0.25) is 5.02 Å². The highest BCUT2D eigenvalue weighted by Crippen LogP contribution is 2.42. The van der Waals surface area contributed by atoms with Crippen LogP contribution < -0.4 is 10.2 Å². The van der Waals surface area contributed by atoms with Crippen LogP contribution in [-0.2, 0) is 16.0 Å². The number of nitrogens with zero attached hydrogens (tertiary/aromatic N) is 2. The molecule has 8 heteroatoms. The Kier molecular flexibility index (Phi) is 6.45. The summed E-state index contributed by atoms with van der Waals surface area (Å²) in [7, 11) is 1.45. The number of hydrogen-bond donors (Lipinski definition) is 1. The van der Waals surface area contributed by atoms with Crippen molar-refractivity contribution < 1.29 is 9.59 Å². The quantitative estimate of drug-likeness (QED) is 0.528. The van der Waals surface area contributed by atoms with Gasteiger partial charge in [-0.3, -0.25) is 14.5 Å². The highest BCUT2D eigenvalue weighted by atomic mass is 79.9. The summed E-state index contributed by atoms with van der Waals surface area (Å²) >= 11 is 10.6. The molecular formula is C20H15BrClN3O2S. The summed E-state index contributed by atoms with van der Waals surface area (Å²) in [6.07, 6.45) is 0.475. The molecule has 1 atom stereocenters. The number of rotatable bonds is 4.